The molecular formula is C11H23NO2. The Bertz CT molecular complexity index is 167. The van der Waals surface area contributed by atoms with E-state index in [1.165, 1.54) is 0 Å². The topological polar surface area (TPSA) is 49.3 Å². The fraction of sp³-hybridized carbons (Fsp3) is 0.909. The number of carbonyl (C=O) groups is 1. The van der Waals surface area contributed by atoms with Gasteiger partial charge in [-0.3, -0.25) is 4.79 Å². The van der Waals surface area contributed by atoms with Crippen LogP contribution in [0.3, 0.4) is 0 Å². The van der Waals surface area contributed by atoms with Gasteiger partial charge in [0.1, 0.15) is 6.04 Å². The molecule has 0 aliphatic heterocycles. The Labute approximate surface area is 86.9 Å². The highest BCUT2D eigenvalue weighted by molar-refractivity contribution is 5.73. The molecule has 0 spiro atoms. The van der Waals surface area contributed by atoms with Crippen LogP contribution in [-0.4, -0.2) is 23.7 Å². The maximum absolute atomic E-state index is 10.8. The highest BCUT2D eigenvalue weighted by Gasteiger charge is 2.17. The SMILES string of the molecule is CC(C)CCN[C@@H](CC(C)C)C(=O)O. The van der Waals surface area contributed by atoms with Crippen LogP contribution in [0, 0.1) is 11.8 Å². The van der Waals surface area contributed by atoms with Crippen LogP contribution in [0.5, 0.6) is 0 Å². The van der Waals surface area contributed by atoms with Crippen molar-refractivity contribution in [2.75, 3.05) is 6.54 Å². The minimum absolute atomic E-state index is 0.381. The van der Waals surface area contributed by atoms with E-state index in [4.69, 9.17) is 5.11 Å². The van der Waals surface area contributed by atoms with Gasteiger partial charge in [0.2, 0.25) is 0 Å². The molecule has 0 aromatic rings. The third-order valence-electron chi connectivity index (χ3n) is 2.12. The molecule has 0 aromatic heterocycles. The first-order chi connectivity index (χ1) is 6.43. The van der Waals surface area contributed by atoms with Crippen LogP contribution in [0.4, 0.5) is 0 Å². The van der Waals surface area contributed by atoms with E-state index < -0.39 is 5.97 Å². The first-order valence-corrected chi connectivity index (χ1v) is 5.39. The number of carboxylic acid groups (broad SMARTS) is 1. The van der Waals surface area contributed by atoms with Crippen LogP contribution in [0.25, 0.3) is 0 Å². The number of rotatable bonds is 7. The van der Waals surface area contributed by atoms with E-state index in [2.05, 4.69) is 19.2 Å². The van der Waals surface area contributed by atoms with Gasteiger partial charge in [0, 0.05) is 0 Å². The molecular weight excluding hydrogens is 178 g/mol. The molecule has 0 fully saturated rings. The van der Waals surface area contributed by atoms with E-state index in [1.54, 1.807) is 0 Å². The van der Waals surface area contributed by atoms with Crippen molar-refractivity contribution >= 4 is 5.97 Å². The number of aliphatic carboxylic acids is 1. The molecule has 0 rings (SSSR count). The van der Waals surface area contributed by atoms with Gasteiger partial charge in [-0.2, -0.15) is 0 Å². The molecule has 2 N–H and O–H groups in total. The van der Waals surface area contributed by atoms with Crippen LogP contribution in [0.15, 0.2) is 0 Å². The van der Waals surface area contributed by atoms with E-state index in [-0.39, 0.29) is 6.04 Å². The van der Waals surface area contributed by atoms with Crippen molar-refractivity contribution in [3.05, 3.63) is 0 Å². The zero-order chi connectivity index (χ0) is 11.1. The molecule has 0 aliphatic carbocycles. The summed E-state index contributed by atoms with van der Waals surface area (Å²) in [5.74, 6) is 0.307. The third kappa shape index (κ3) is 6.89. The molecule has 0 unspecified atom stereocenters. The van der Waals surface area contributed by atoms with Gasteiger partial charge >= 0.3 is 5.97 Å². The molecule has 0 amide bonds. The highest BCUT2D eigenvalue weighted by Crippen LogP contribution is 2.05. The van der Waals surface area contributed by atoms with Crippen molar-refractivity contribution in [3.8, 4) is 0 Å². The molecule has 3 heteroatoms. The van der Waals surface area contributed by atoms with Crippen molar-refractivity contribution in [3.63, 3.8) is 0 Å². The highest BCUT2D eigenvalue weighted by atomic mass is 16.4. The summed E-state index contributed by atoms with van der Waals surface area (Å²) >= 11 is 0. The van der Waals surface area contributed by atoms with Gasteiger partial charge in [0.15, 0.2) is 0 Å². The lowest BCUT2D eigenvalue weighted by molar-refractivity contribution is -0.139. The van der Waals surface area contributed by atoms with Crippen molar-refractivity contribution in [2.24, 2.45) is 11.8 Å². The van der Waals surface area contributed by atoms with Crippen LogP contribution < -0.4 is 5.32 Å². The first kappa shape index (κ1) is 13.4. The van der Waals surface area contributed by atoms with Crippen molar-refractivity contribution in [1.29, 1.82) is 0 Å². The second-order valence-electron chi connectivity index (χ2n) is 4.66. The molecule has 1 atom stereocenters. The normalized spacial score (nSPS) is 13.6. The zero-order valence-electron chi connectivity index (χ0n) is 9.71. The fourth-order valence-corrected chi connectivity index (χ4v) is 1.29. The molecule has 0 radical (unpaired) electrons. The first-order valence-electron chi connectivity index (χ1n) is 5.39. The number of carboxylic acids is 1. The molecule has 0 saturated heterocycles. The molecule has 84 valence electrons. The van der Waals surface area contributed by atoms with E-state index >= 15 is 0 Å². The Hall–Kier alpha value is -0.570. The van der Waals surface area contributed by atoms with Gasteiger partial charge in [0.05, 0.1) is 0 Å². The Balaban J connectivity index is 3.80. The molecule has 3 nitrogen and oxygen atoms in total. The van der Waals surface area contributed by atoms with Crippen molar-refractivity contribution < 1.29 is 9.90 Å². The molecule has 0 heterocycles. The molecule has 14 heavy (non-hydrogen) atoms. The molecule has 0 saturated carbocycles. The largest absolute Gasteiger partial charge is 0.480 e. The maximum Gasteiger partial charge on any atom is 0.320 e. The van der Waals surface area contributed by atoms with Crippen LogP contribution in [0.2, 0.25) is 0 Å². The second-order valence-corrected chi connectivity index (χ2v) is 4.66. The summed E-state index contributed by atoms with van der Waals surface area (Å²) in [4.78, 5) is 10.8. The number of hydrogen-bond donors (Lipinski definition) is 2. The van der Waals surface area contributed by atoms with Crippen LogP contribution in [-0.2, 0) is 4.79 Å². The van der Waals surface area contributed by atoms with Crippen molar-refractivity contribution in [2.45, 2.75) is 46.6 Å². The van der Waals surface area contributed by atoms with Gasteiger partial charge in [-0.25, -0.2) is 0 Å². The van der Waals surface area contributed by atoms with Gasteiger partial charge in [0.25, 0.3) is 0 Å². The quantitative estimate of drug-likeness (QED) is 0.663. The minimum atomic E-state index is -0.734. The summed E-state index contributed by atoms with van der Waals surface area (Å²) in [5, 5.41) is 12.0. The Morgan fingerprint density at radius 2 is 1.79 bits per heavy atom. The second kappa shape index (κ2) is 6.82. The minimum Gasteiger partial charge on any atom is -0.480 e. The average molecular weight is 201 g/mol. The zero-order valence-corrected chi connectivity index (χ0v) is 9.71. The van der Waals surface area contributed by atoms with Gasteiger partial charge < -0.3 is 10.4 Å². The summed E-state index contributed by atoms with van der Waals surface area (Å²) in [5.41, 5.74) is 0. The predicted octanol–water partition coefficient (Wildman–Crippen LogP) is 2.12. The Morgan fingerprint density at radius 3 is 2.14 bits per heavy atom. The van der Waals surface area contributed by atoms with Crippen LogP contribution >= 0.6 is 0 Å². The maximum atomic E-state index is 10.8. The standard InChI is InChI=1S/C11H23NO2/c1-8(2)5-6-12-10(11(13)14)7-9(3)4/h8-10,12H,5-7H2,1-4H3,(H,13,14)/t10-/m0/s1. The van der Waals surface area contributed by atoms with Gasteiger partial charge in [-0.1, -0.05) is 27.7 Å². The lowest BCUT2D eigenvalue weighted by Gasteiger charge is -2.16. The lowest BCUT2D eigenvalue weighted by Crippen LogP contribution is -2.38. The summed E-state index contributed by atoms with van der Waals surface area (Å²) < 4.78 is 0. The van der Waals surface area contributed by atoms with E-state index in [1.807, 2.05) is 13.8 Å². The predicted molar refractivity (Wildman–Crippen MR) is 58.3 cm³/mol. The number of hydrogen-bond acceptors (Lipinski definition) is 2. The van der Waals surface area contributed by atoms with E-state index in [0.29, 0.717) is 18.3 Å². The monoisotopic (exact) mass is 201 g/mol. The summed E-state index contributed by atoms with van der Waals surface area (Å²) in [7, 11) is 0. The summed E-state index contributed by atoms with van der Waals surface area (Å²) in [6.45, 7) is 9.15. The van der Waals surface area contributed by atoms with Crippen LogP contribution in [0.1, 0.15) is 40.5 Å². The Morgan fingerprint density at radius 1 is 1.21 bits per heavy atom. The molecule has 0 aromatic carbocycles. The summed E-state index contributed by atoms with van der Waals surface area (Å²) in [6.07, 6.45) is 1.73. The average Bonchev–Trinajstić information content (AvgIpc) is 2.00. The molecule has 0 aliphatic rings. The third-order valence-corrected chi connectivity index (χ3v) is 2.12. The molecule has 0 bridgehead atoms. The summed E-state index contributed by atoms with van der Waals surface area (Å²) in [6, 6.07) is -0.381. The number of nitrogens with one attached hydrogen (secondary N) is 1. The van der Waals surface area contributed by atoms with E-state index in [0.717, 1.165) is 13.0 Å². The fourth-order valence-electron chi connectivity index (χ4n) is 1.29. The Kier molecular flexibility index (Phi) is 6.54. The van der Waals surface area contributed by atoms with Gasteiger partial charge in [-0.15, -0.1) is 0 Å². The van der Waals surface area contributed by atoms with Crippen molar-refractivity contribution in [1.82, 2.24) is 5.32 Å². The smallest absolute Gasteiger partial charge is 0.320 e. The van der Waals surface area contributed by atoms with E-state index in [9.17, 15) is 4.79 Å². The lowest BCUT2D eigenvalue weighted by atomic mass is 10.0. The van der Waals surface area contributed by atoms with Gasteiger partial charge in [-0.05, 0) is 31.2 Å².